The van der Waals surface area contributed by atoms with Crippen LogP contribution in [0.15, 0.2) is 18.2 Å². The van der Waals surface area contributed by atoms with Crippen LogP contribution in [-0.4, -0.2) is 48.4 Å². The van der Waals surface area contributed by atoms with Crippen LogP contribution in [0.25, 0.3) is 0 Å². The van der Waals surface area contributed by atoms with Crippen molar-refractivity contribution < 1.29 is 4.79 Å². The van der Waals surface area contributed by atoms with E-state index in [9.17, 15) is 4.79 Å². The van der Waals surface area contributed by atoms with E-state index in [0.29, 0.717) is 22.0 Å². The summed E-state index contributed by atoms with van der Waals surface area (Å²) in [5, 5.41) is 1.24. The number of nitrogens with zero attached hydrogens (tertiary/aromatic N) is 2. The average molecular weight is 357 g/mol. The average Bonchev–Trinajstić information content (AvgIpc) is 2.57. The van der Waals surface area contributed by atoms with E-state index in [1.54, 1.807) is 0 Å². The molecule has 1 aliphatic rings. The summed E-state index contributed by atoms with van der Waals surface area (Å²) in [4.78, 5) is 15.5. The van der Waals surface area contributed by atoms with E-state index in [2.05, 4.69) is 17.9 Å². The zero-order valence-electron chi connectivity index (χ0n) is 14.0. The topological polar surface area (TPSA) is 23.6 Å². The number of carbonyl (C=O) groups excluding carboxylic acids is 1. The number of rotatable bonds is 7. The Balaban J connectivity index is 1.78. The van der Waals surface area contributed by atoms with Gasteiger partial charge < -0.3 is 9.80 Å². The summed E-state index contributed by atoms with van der Waals surface area (Å²) in [5.74, 6) is 0.463. The van der Waals surface area contributed by atoms with Crippen molar-refractivity contribution in [3.63, 3.8) is 0 Å². The van der Waals surface area contributed by atoms with Gasteiger partial charge in [0.05, 0.1) is 10.0 Å². The van der Waals surface area contributed by atoms with Crippen molar-refractivity contribution in [2.45, 2.75) is 45.1 Å². The number of hydrogen-bond acceptors (Lipinski definition) is 2. The fraction of sp³-hybridized carbons (Fsp3) is 0.611. The highest BCUT2D eigenvalue weighted by Crippen LogP contribution is 2.28. The molecule has 1 fully saturated rings. The van der Waals surface area contributed by atoms with E-state index in [1.807, 2.05) is 24.0 Å². The summed E-state index contributed by atoms with van der Waals surface area (Å²) in [6.45, 7) is 8.31. The maximum atomic E-state index is 11.0. The molecule has 23 heavy (non-hydrogen) atoms. The molecule has 0 radical (unpaired) electrons. The van der Waals surface area contributed by atoms with Crippen molar-refractivity contribution in [1.29, 1.82) is 0 Å². The minimum atomic E-state index is 0.418. The second kappa shape index (κ2) is 8.91. The third-order valence-electron chi connectivity index (χ3n) is 4.92. The molecule has 3 nitrogen and oxygen atoms in total. The number of halogens is 2. The Labute approximate surface area is 149 Å². The van der Waals surface area contributed by atoms with Gasteiger partial charge in [0.15, 0.2) is 0 Å². The molecule has 1 saturated heterocycles. The third kappa shape index (κ3) is 5.10. The highest BCUT2D eigenvalue weighted by atomic mass is 35.5. The molecule has 5 heteroatoms. The Morgan fingerprint density at radius 3 is 2.57 bits per heavy atom. The molecule has 2 rings (SSSR count). The maximum absolute atomic E-state index is 11.0. The fourth-order valence-corrected chi connectivity index (χ4v) is 3.56. The van der Waals surface area contributed by atoms with E-state index in [4.69, 9.17) is 23.2 Å². The highest BCUT2D eigenvalue weighted by molar-refractivity contribution is 6.42. The van der Waals surface area contributed by atoms with Gasteiger partial charge in [0.1, 0.15) is 0 Å². The normalized spacial score (nSPS) is 17.9. The molecule has 1 unspecified atom stereocenters. The van der Waals surface area contributed by atoms with Gasteiger partial charge >= 0.3 is 0 Å². The molecule has 1 heterocycles. The van der Waals surface area contributed by atoms with Crippen molar-refractivity contribution in [1.82, 2.24) is 9.80 Å². The van der Waals surface area contributed by atoms with Gasteiger partial charge in [0.25, 0.3) is 0 Å². The molecule has 0 spiro atoms. The molecule has 1 aromatic carbocycles. The number of hydrogen-bond donors (Lipinski definition) is 0. The Bertz CT molecular complexity index is 516. The number of carbonyl (C=O) groups is 1. The Hall–Kier alpha value is -0.770. The van der Waals surface area contributed by atoms with Gasteiger partial charge in [0.2, 0.25) is 6.41 Å². The molecule has 1 amide bonds. The molecule has 1 atom stereocenters. The third-order valence-corrected chi connectivity index (χ3v) is 5.66. The van der Waals surface area contributed by atoms with Gasteiger partial charge in [-0.25, -0.2) is 0 Å². The first kappa shape index (κ1) is 18.6. The maximum Gasteiger partial charge on any atom is 0.209 e. The minimum Gasteiger partial charge on any atom is -0.342 e. The molecule has 0 aromatic heterocycles. The molecule has 0 aliphatic carbocycles. The quantitative estimate of drug-likeness (QED) is 0.674. The monoisotopic (exact) mass is 356 g/mol. The van der Waals surface area contributed by atoms with Crippen molar-refractivity contribution in [3.05, 3.63) is 33.8 Å². The van der Waals surface area contributed by atoms with Gasteiger partial charge in [0, 0.05) is 25.7 Å². The van der Waals surface area contributed by atoms with Gasteiger partial charge in [-0.3, -0.25) is 4.79 Å². The van der Waals surface area contributed by atoms with E-state index in [1.165, 1.54) is 5.56 Å². The predicted molar refractivity (Wildman–Crippen MR) is 97.4 cm³/mol. The molecule has 1 aromatic rings. The lowest BCUT2D eigenvalue weighted by molar-refractivity contribution is -0.120. The van der Waals surface area contributed by atoms with Crippen molar-refractivity contribution in [2.75, 3.05) is 26.2 Å². The summed E-state index contributed by atoms with van der Waals surface area (Å²) in [5.41, 5.74) is 1.24. The first-order chi connectivity index (χ1) is 11.0. The molecular weight excluding hydrogens is 331 g/mol. The standard InChI is InChI=1S/C18H26Cl2N2O/c1-3-22(13-23)16-7-10-21(11-8-16)9-6-14(2)15-4-5-17(19)18(20)12-15/h4-5,12-14,16H,3,6-11H2,1-2H3. The Morgan fingerprint density at radius 2 is 2.00 bits per heavy atom. The summed E-state index contributed by atoms with van der Waals surface area (Å²) in [7, 11) is 0. The zero-order valence-corrected chi connectivity index (χ0v) is 15.5. The second-order valence-electron chi connectivity index (χ2n) is 6.37. The summed E-state index contributed by atoms with van der Waals surface area (Å²) < 4.78 is 0. The second-order valence-corrected chi connectivity index (χ2v) is 7.19. The van der Waals surface area contributed by atoms with Gasteiger partial charge in [-0.05, 0) is 56.3 Å². The Kier molecular flexibility index (Phi) is 7.19. The lowest BCUT2D eigenvalue weighted by Gasteiger charge is -2.36. The molecule has 0 N–H and O–H groups in total. The highest BCUT2D eigenvalue weighted by Gasteiger charge is 2.23. The summed E-state index contributed by atoms with van der Waals surface area (Å²) in [6.07, 6.45) is 4.25. The lowest BCUT2D eigenvalue weighted by Crippen LogP contribution is -2.44. The summed E-state index contributed by atoms with van der Waals surface area (Å²) in [6, 6.07) is 6.33. The van der Waals surface area contributed by atoms with Crippen LogP contribution < -0.4 is 0 Å². The fourth-order valence-electron chi connectivity index (χ4n) is 3.26. The number of piperidine rings is 1. The smallest absolute Gasteiger partial charge is 0.209 e. The van der Waals surface area contributed by atoms with Crippen LogP contribution in [0.5, 0.6) is 0 Å². The van der Waals surface area contributed by atoms with Crippen LogP contribution in [-0.2, 0) is 4.79 Å². The van der Waals surface area contributed by atoms with E-state index in [-0.39, 0.29) is 0 Å². The van der Waals surface area contributed by atoms with Crippen LogP contribution in [0, 0.1) is 0 Å². The van der Waals surface area contributed by atoms with Crippen LogP contribution in [0.4, 0.5) is 0 Å². The van der Waals surface area contributed by atoms with Gasteiger partial charge in [-0.2, -0.15) is 0 Å². The van der Waals surface area contributed by atoms with Crippen LogP contribution in [0.3, 0.4) is 0 Å². The van der Waals surface area contributed by atoms with E-state index < -0.39 is 0 Å². The van der Waals surface area contributed by atoms with E-state index in [0.717, 1.165) is 51.9 Å². The largest absolute Gasteiger partial charge is 0.342 e. The Morgan fingerprint density at radius 1 is 1.30 bits per heavy atom. The summed E-state index contributed by atoms with van der Waals surface area (Å²) >= 11 is 12.1. The molecule has 128 valence electrons. The van der Waals surface area contributed by atoms with Crippen molar-refractivity contribution in [2.24, 2.45) is 0 Å². The molecule has 1 aliphatic heterocycles. The van der Waals surface area contributed by atoms with Crippen LogP contribution >= 0.6 is 23.2 Å². The lowest BCUT2D eigenvalue weighted by atomic mass is 9.96. The van der Waals surface area contributed by atoms with Crippen molar-refractivity contribution >= 4 is 29.6 Å². The minimum absolute atomic E-state index is 0.418. The van der Waals surface area contributed by atoms with Crippen LogP contribution in [0.1, 0.15) is 44.6 Å². The van der Waals surface area contributed by atoms with E-state index >= 15 is 0 Å². The molecule has 0 bridgehead atoms. The number of likely N-dealkylation sites (tertiary alicyclic amines) is 1. The number of amides is 1. The number of benzene rings is 1. The van der Waals surface area contributed by atoms with Gasteiger partial charge in [-0.15, -0.1) is 0 Å². The van der Waals surface area contributed by atoms with Gasteiger partial charge in [-0.1, -0.05) is 36.2 Å². The van der Waals surface area contributed by atoms with Crippen LogP contribution in [0.2, 0.25) is 10.0 Å². The first-order valence-electron chi connectivity index (χ1n) is 8.43. The molecular formula is C18H26Cl2N2O. The predicted octanol–water partition coefficient (Wildman–Crippen LogP) is 4.43. The first-order valence-corrected chi connectivity index (χ1v) is 9.19. The zero-order chi connectivity index (χ0) is 16.8. The molecule has 0 saturated carbocycles. The SMILES string of the molecule is CCN(C=O)C1CCN(CCC(C)c2ccc(Cl)c(Cl)c2)CC1. The van der Waals surface area contributed by atoms with Crippen molar-refractivity contribution in [3.8, 4) is 0 Å².